The fraction of sp³-hybridized carbons (Fsp3) is 0.120. The third-order valence-corrected chi connectivity index (χ3v) is 5.74. The van der Waals surface area contributed by atoms with E-state index in [0.29, 0.717) is 30.2 Å². The van der Waals surface area contributed by atoms with Gasteiger partial charge in [-0.1, -0.05) is 36.4 Å². The molecule has 0 unspecified atom stereocenters. The van der Waals surface area contributed by atoms with Gasteiger partial charge in [0, 0.05) is 43.9 Å². The normalized spacial score (nSPS) is 12.6. The number of carbonyl (C=O) groups is 1. The van der Waals surface area contributed by atoms with Crippen molar-refractivity contribution in [1.82, 2.24) is 14.7 Å². The Kier molecular flexibility index (Phi) is 4.97. The van der Waals surface area contributed by atoms with Gasteiger partial charge in [0.15, 0.2) is 0 Å². The van der Waals surface area contributed by atoms with Crippen molar-refractivity contribution < 1.29 is 19.4 Å². The Balaban J connectivity index is 1.49. The molecule has 1 aliphatic rings. The maximum atomic E-state index is 14.2. The number of phenols is 2. The molecule has 1 aromatic heterocycles. The quantitative estimate of drug-likeness (QED) is 0.430. The van der Waals surface area contributed by atoms with Gasteiger partial charge in [-0.05, 0) is 23.3 Å². The van der Waals surface area contributed by atoms with Crippen LogP contribution < -0.4 is 5.32 Å². The lowest BCUT2D eigenvalue weighted by Crippen LogP contribution is -2.26. The van der Waals surface area contributed by atoms with E-state index in [2.05, 4.69) is 10.4 Å². The lowest BCUT2D eigenvalue weighted by Gasteiger charge is -2.19. The summed E-state index contributed by atoms with van der Waals surface area (Å²) >= 11 is 0. The molecule has 0 aliphatic carbocycles. The first kappa shape index (κ1) is 20.6. The highest BCUT2D eigenvalue weighted by Gasteiger charge is 2.28. The number of aryl methyl sites for hydroxylation is 1. The topological polar surface area (TPSA) is 90.6 Å². The molecular formula is C25H21FN4O3. The molecule has 0 spiro atoms. The van der Waals surface area contributed by atoms with Crippen molar-refractivity contribution in [2.45, 2.75) is 13.1 Å². The predicted molar refractivity (Wildman–Crippen MR) is 122 cm³/mol. The Hall–Kier alpha value is -4.33. The molecule has 3 aromatic carbocycles. The van der Waals surface area contributed by atoms with Crippen LogP contribution in [0.4, 0.5) is 15.9 Å². The Morgan fingerprint density at radius 2 is 1.67 bits per heavy atom. The van der Waals surface area contributed by atoms with Crippen LogP contribution in [0.2, 0.25) is 0 Å². The summed E-state index contributed by atoms with van der Waals surface area (Å²) in [4.78, 5) is 15.0. The summed E-state index contributed by atoms with van der Waals surface area (Å²) in [5.41, 5.74) is 3.11. The third kappa shape index (κ3) is 3.76. The summed E-state index contributed by atoms with van der Waals surface area (Å²) in [6, 6.07) is 18.2. The van der Waals surface area contributed by atoms with E-state index in [9.17, 15) is 19.4 Å². The molecular weight excluding hydrogens is 423 g/mol. The highest BCUT2D eigenvalue weighted by atomic mass is 19.1. The van der Waals surface area contributed by atoms with Crippen molar-refractivity contribution >= 4 is 17.4 Å². The number of anilines is 2. The van der Waals surface area contributed by atoms with Crippen LogP contribution in [-0.2, 0) is 20.1 Å². The molecule has 0 saturated heterocycles. The fourth-order valence-electron chi connectivity index (χ4n) is 4.09. The number of rotatable bonds is 4. The van der Waals surface area contributed by atoms with Gasteiger partial charge in [-0.15, -0.1) is 0 Å². The van der Waals surface area contributed by atoms with Crippen LogP contribution in [0.3, 0.4) is 0 Å². The smallest absolute Gasteiger partial charge is 0.260 e. The van der Waals surface area contributed by atoms with Gasteiger partial charge >= 0.3 is 0 Å². The van der Waals surface area contributed by atoms with E-state index in [1.54, 1.807) is 36.2 Å². The molecule has 7 nitrogen and oxygen atoms in total. The van der Waals surface area contributed by atoms with Crippen molar-refractivity contribution in [2.24, 2.45) is 7.05 Å². The Morgan fingerprint density at radius 3 is 2.36 bits per heavy atom. The zero-order chi connectivity index (χ0) is 23.1. The first-order valence-corrected chi connectivity index (χ1v) is 10.4. The molecule has 1 aliphatic heterocycles. The number of nitrogens with one attached hydrogen (secondary N) is 1. The molecule has 166 valence electrons. The van der Waals surface area contributed by atoms with E-state index in [4.69, 9.17) is 0 Å². The molecule has 0 saturated carbocycles. The average Bonchev–Trinajstić information content (AvgIpc) is 3.37. The number of hydrogen-bond acceptors (Lipinski definition) is 5. The highest BCUT2D eigenvalue weighted by Crippen LogP contribution is 2.36. The fourth-order valence-corrected chi connectivity index (χ4v) is 4.09. The first-order chi connectivity index (χ1) is 15.9. The molecule has 1 amide bonds. The summed E-state index contributed by atoms with van der Waals surface area (Å²) in [6.45, 7) is 0.857. The van der Waals surface area contributed by atoms with E-state index >= 15 is 0 Å². The number of amides is 1. The number of benzene rings is 3. The first-order valence-electron chi connectivity index (χ1n) is 10.4. The second-order valence-electron chi connectivity index (χ2n) is 7.96. The average molecular weight is 444 g/mol. The summed E-state index contributed by atoms with van der Waals surface area (Å²) < 4.78 is 15.7. The van der Waals surface area contributed by atoms with Gasteiger partial charge in [0.2, 0.25) is 0 Å². The number of nitrogens with zero attached hydrogens (tertiary/aromatic N) is 3. The van der Waals surface area contributed by atoms with E-state index in [1.165, 1.54) is 16.8 Å². The predicted octanol–water partition coefficient (Wildman–Crippen LogP) is 4.54. The summed E-state index contributed by atoms with van der Waals surface area (Å²) in [6.07, 6.45) is 0. The third-order valence-electron chi connectivity index (χ3n) is 5.74. The van der Waals surface area contributed by atoms with Crippen LogP contribution in [0.15, 0.2) is 66.7 Å². The molecule has 5 rings (SSSR count). The molecule has 33 heavy (non-hydrogen) atoms. The van der Waals surface area contributed by atoms with Gasteiger partial charge < -0.3 is 20.4 Å². The standard InChI is InChI=1S/C25H21FN4O3/c1-29-23(12-20(28-29)18-8-4-5-9-19(18)26)27-21-10-17(31)11-22(32)24(21)25(33)30-13-15-6-2-3-7-16(15)14-30/h2-12,27,31-32H,13-14H2,1H3. The van der Waals surface area contributed by atoms with Gasteiger partial charge in [-0.3, -0.25) is 9.48 Å². The van der Waals surface area contributed by atoms with Gasteiger partial charge in [-0.2, -0.15) is 5.10 Å². The number of carbonyl (C=O) groups excluding carboxylic acids is 1. The number of aromatic hydroxyl groups is 2. The van der Waals surface area contributed by atoms with Crippen LogP contribution in [0.1, 0.15) is 21.5 Å². The van der Waals surface area contributed by atoms with Crippen molar-refractivity contribution in [3.8, 4) is 22.8 Å². The number of aromatic nitrogens is 2. The Morgan fingerprint density at radius 1 is 1.00 bits per heavy atom. The minimum Gasteiger partial charge on any atom is -0.508 e. The second kappa shape index (κ2) is 7.98. The monoisotopic (exact) mass is 444 g/mol. The van der Waals surface area contributed by atoms with Gasteiger partial charge in [0.25, 0.3) is 5.91 Å². The lowest BCUT2D eigenvalue weighted by molar-refractivity contribution is 0.0749. The zero-order valence-electron chi connectivity index (χ0n) is 17.8. The number of halogens is 1. The molecule has 2 heterocycles. The summed E-state index contributed by atoms with van der Waals surface area (Å²) in [5, 5.41) is 28.1. The van der Waals surface area contributed by atoms with E-state index < -0.39 is 5.82 Å². The van der Waals surface area contributed by atoms with Gasteiger partial charge in [0.1, 0.15) is 28.7 Å². The molecule has 0 bridgehead atoms. The van der Waals surface area contributed by atoms with Crippen LogP contribution in [0.25, 0.3) is 11.3 Å². The molecule has 3 N–H and O–H groups in total. The second-order valence-corrected chi connectivity index (χ2v) is 7.96. The van der Waals surface area contributed by atoms with Crippen LogP contribution >= 0.6 is 0 Å². The molecule has 4 aromatic rings. The maximum absolute atomic E-state index is 14.2. The zero-order valence-corrected chi connectivity index (χ0v) is 17.8. The van der Waals surface area contributed by atoms with Crippen molar-refractivity contribution in [3.05, 3.63) is 89.2 Å². The maximum Gasteiger partial charge on any atom is 0.260 e. The molecule has 0 atom stereocenters. The van der Waals surface area contributed by atoms with Crippen molar-refractivity contribution in [3.63, 3.8) is 0 Å². The van der Waals surface area contributed by atoms with Crippen LogP contribution in [0.5, 0.6) is 11.5 Å². The minimum absolute atomic E-state index is 0.0363. The van der Waals surface area contributed by atoms with Gasteiger partial charge in [0.05, 0.1) is 11.4 Å². The van der Waals surface area contributed by atoms with E-state index in [1.807, 2.05) is 24.3 Å². The summed E-state index contributed by atoms with van der Waals surface area (Å²) in [5.74, 6) is -0.857. The number of fused-ring (bicyclic) bond motifs is 1. The van der Waals surface area contributed by atoms with Crippen molar-refractivity contribution in [2.75, 3.05) is 5.32 Å². The van der Waals surface area contributed by atoms with Crippen LogP contribution in [-0.4, -0.2) is 30.8 Å². The molecule has 0 fully saturated rings. The minimum atomic E-state index is -0.401. The SMILES string of the molecule is Cn1nc(-c2ccccc2F)cc1Nc1cc(O)cc(O)c1C(=O)N1Cc2ccccc2C1. The Bertz CT molecular complexity index is 1360. The lowest BCUT2D eigenvalue weighted by atomic mass is 10.1. The molecule has 0 radical (unpaired) electrons. The largest absolute Gasteiger partial charge is 0.508 e. The Labute approximate surface area is 189 Å². The molecule has 8 heteroatoms. The van der Waals surface area contributed by atoms with E-state index in [0.717, 1.165) is 17.2 Å². The number of hydrogen-bond donors (Lipinski definition) is 3. The van der Waals surface area contributed by atoms with E-state index in [-0.39, 0.29) is 28.7 Å². The van der Waals surface area contributed by atoms with Gasteiger partial charge in [-0.25, -0.2) is 4.39 Å². The highest BCUT2D eigenvalue weighted by molar-refractivity contribution is 6.03. The van der Waals surface area contributed by atoms with Crippen molar-refractivity contribution in [1.29, 1.82) is 0 Å². The van der Waals surface area contributed by atoms with Crippen LogP contribution in [0, 0.1) is 5.82 Å². The summed E-state index contributed by atoms with van der Waals surface area (Å²) in [7, 11) is 1.67. The number of phenolic OH excluding ortho intramolecular Hbond substituents is 2.